The average Bonchev–Trinajstić information content (AvgIpc) is 2.99. The number of Topliss-reactive ketones (excluding diaryl/α,β-unsaturated/α-hetero) is 1. The number of piperazine rings is 1. The molecule has 2 N–H and O–H groups in total. The summed E-state index contributed by atoms with van der Waals surface area (Å²) < 4.78 is 27.5. The van der Waals surface area contributed by atoms with E-state index in [9.17, 15) is 19.8 Å². The molecule has 1 fully saturated rings. The first-order valence-electron chi connectivity index (χ1n) is 13.6. The van der Waals surface area contributed by atoms with Gasteiger partial charge in [0.1, 0.15) is 28.9 Å². The molecule has 1 amide bonds. The molecule has 0 aliphatic carbocycles. The van der Waals surface area contributed by atoms with Gasteiger partial charge in [0.25, 0.3) is 5.91 Å². The molecule has 11 heteroatoms. The summed E-state index contributed by atoms with van der Waals surface area (Å²) in [5.41, 5.74) is 1.74. The normalized spacial score (nSPS) is 16.8. The maximum Gasteiger partial charge on any atom is 0.260 e. The molecular formula is C31H34N2O9. The van der Waals surface area contributed by atoms with Crippen LogP contribution in [0.3, 0.4) is 0 Å². The summed E-state index contributed by atoms with van der Waals surface area (Å²) in [4.78, 5) is 29.8. The molecule has 1 saturated heterocycles. The van der Waals surface area contributed by atoms with Gasteiger partial charge in [-0.2, -0.15) is 0 Å². The Morgan fingerprint density at radius 3 is 2.29 bits per heavy atom. The van der Waals surface area contributed by atoms with Gasteiger partial charge in [-0.25, -0.2) is 0 Å². The van der Waals surface area contributed by atoms with E-state index in [1.54, 1.807) is 31.3 Å². The Bertz CT molecular complexity index is 1470. The van der Waals surface area contributed by atoms with Crippen molar-refractivity contribution < 1.29 is 43.5 Å². The van der Waals surface area contributed by atoms with Crippen molar-refractivity contribution in [2.24, 2.45) is 0 Å². The number of methoxy groups -OCH3 is 3. The molecule has 1 atom stereocenters. The SMILES string of the molecule is COc1ccc(C2CC(=O)c3c(O)cc(OCC(=O)N4CCN(Cc5ccc(OC)c(OC)c5)CC4)cc3O2)cc1O. The van der Waals surface area contributed by atoms with Crippen molar-refractivity contribution in [1.29, 1.82) is 0 Å². The number of hydrogen-bond donors (Lipinski definition) is 2. The van der Waals surface area contributed by atoms with Gasteiger partial charge in [0, 0.05) is 44.9 Å². The van der Waals surface area contributed by atoms with Gasteiger partial charge in [0.05, 0.1) is 27.8 Å². The number of benzene rings is 3. The molecule has 2 aliphatic heterocycles. The summed E-state index contributed by atoms with van der Waals surface area (Å²) in [5.74, 6) is 1.19. The third-order valence-electron chi connectivity index (χ3n) is 7.49. The van der Waals surface area contributed by atoms with E-state index in [0.717, 1.165) is 12.1 Å². The molecule has 0 saturated carbocycles. The fourth-order valence-electron chi connectivity index (χ4n) is 5.22. The number of amides is 1. The summed E-state index contributed by atoms with van der Waals surface area (Å²) in [6.45, 7) is 3.02. The molecule has 222 valence electrons. The quantitative estimate of drug-likeness (QED) is 0.389. The fraction of sp³-hybridized carbons (Fsp3) is 0.355. The van der Waals surface area contributed by atoms with Gasteiger partial charge >= 0.3 is 0 Å². The molecule has 0 aromatic heterocycles. The lowest BCUT2D eigenvalue weighted by Crippen LogP contribution is -2.49. The highest BCUT2D eigenvalue weighted by molar-refractivity contribution is 6.02. The zero-order chi connectivity index (χ0) is 29.8. The van der Waals surface area contributed by atoms with Gasteiger partial charge in [-0.05, 0) is 35.4 Å². The van der Waals surface area contributed by atoms with Crippen LogP contribution in [0.25, 0.3) is 0 Å². The number of nitrogens with zero attached hydrogens (tertiary/aromatic N) is 2. The lowest BCUT2D eigenvalue weighted by atomic mass is 9.95. The summed E-state index contributed by atoms with van der Waals surface area (Å²) in [6, 6.07) is 13.4. The first-order chi connectivity index (χ1) is 20.3. The molecule has 3 aromatic carbocycles. The fourth-order valence-corrected chi connectivity index (χ4v) is 5.22. The van der Waals surface area contributed by atoms with E-state index in [2.05, 4.69) is 4.90 Å². The van der Waals surface area contributed by atoms with Crippen LogP contribution in [0.15, 0.2) is 48.5 Å². The predicted molar refractivity (Wildman–Crippen MR) is 152 cm³/mol. The van der Waals surface area contributed by atoms with E-state index in [1.807, 2.05) is 18.2 Å². The number of aromatic hydroxyl groups is 2. The maximum atomic E-state index is 12.9. The summed E-state index contributed by atoms with van der Waals surface area (Å²) >= 11 is 0. The van der Waals surface area contributed by atoms with Crippen molar-refractivity contribution in [3.05, 3.63) is 65.2 Å². The molecule has 3 aromatic rings. The molecule has 0 spiro atoms. The first kappa shape index (κ1) is 28.9. The second kappa shape index (κ2) is 12.5. The number of fused-ring (bicyclic) bond motifs is 1. The van der Waals surface area contributed by atoms with Crippen molar-refractivity contribution in [2.75, 3.05) is 54.1 Å². The molecule has 5 rings (SSSR count). The number of ketones is 1. The van der Waals surface area contributed by atoms with Crippen LogP contribution >= 0.6 is 0 Å². The monoisotopic (exact) mass is 578 g/mol. The molecule has 2 aliphatic rings. The van der Waals surface area contributed by atoms with Gasteiger partial charge in [-0.1, -0.05) is 12.1 Å². The topological polar surface area (TPSA) is 127 Å². The number of carbonyl (C=O) groups is 2. The first-order valence-corrected chi connectivity index (χ1v) is 13.6. The van der Waals surface area contributed by atoms with Crippen LogP contribution in [0.4, 0.5) is 0 Å². The number of hydrogen-bond acceptors (Lipinski definition) is 10. The average molecular weight is 579 g/mol. The van der Waals surface area contributed by atoms with Crippen molar-refractivity contribution in [2.45, 2.75) is 19.1 Å². The van der Waals surface area contributed by atoms with Crippen LogP contribution in [0.2, 0.25) is 0 Å². The van der Waals surface area contributed by atoms with Crippen LogP contribution in [-0.2, 0) is 11.3 Å². The van der Waals surface area contributed by atoms with Crippen molar-refractivity contribution in [3.8, 4) is 40.2 Å². The zero-order valence-corrected chi connectivity index (χ0v) is 23.8. The van der Waals surface area contributed by atoms with Crippen LogP contribution < -0.4 is 23.7 Å². The van der Waals surface area contributed by atoms with Crippen LogP contribution in [0.1, 0.15) is 34.0 Å². The van der Waals surface area contributed by atoms with Crippen molar-refractivity contribution in [3.63, 3.8) is 0 Å². The van der Waals surface area contributed by atoms with Crippen molar-refractivity contribution >= 4 is 11.7 Å². The van der Waals surface area contributed by atoms with Gasteiger partial charge in [-0.3, -0.25) is 14.5 Å². The second-order valence-electron chi connectivity index (χ2n) is 10.1. The highest BCUT2D eigenvalue weighted by atomic mass is 16.5. The molecule has 42 heavy (non-hydrogen) atoms. The van der Waals surface area contributed by atoms with Crippen molar-refractivity contribution in [1.82, 2.24) is 9.80 Å². The van der Waals surface area contributed by atoms with Gasteiger partial charge in [0.2, 0.25) is 0 Å². The molecule has 2 heterocycles. The third-order valence-corrected chi connectivity index (χ3v) is 7.49. The molecule has 0 radical (unpaired) electrons. The van der Waals surface area contributed by atoms with Gasteiger partial charge in [0.15, 0.2) is 35.4 Å². The number of carbonyl (C=O) groups excluding carboxylic acids is 2. The number of phenols is 2. The van der Waals surface area contributed by atoms with Crippen LogP contribution in [-0.4, -0.2) is 85.8 Å². The third kappa shape index (κ3) is 6.15. The Hall–Kier alpha value is -4.64. The van der Waals surface area contributed by atoms with Crippen LogP contribution in [0.5, 0.6) is 40.2 Å². The summed E-state index contributed by atoms with van der Waals surface area (Å²) in [7, 11) is 4.66. The Labute approximate surface area is 243 Å². The van der Waals surface area contributed by atoms with E-state index < -0.39 is 6.10 Å². The number of rotatable bonds is 9. The lowest BCUT2D eigenvalue weighted by molar-refractivity contribution is -0.135. The van der Waals surface area contributed by atoms with E-state index >= 15 is 0 Å². The van der Waals surface area contributed by atoms with E-state index in [1.165, 1.54) is 25.3 Å². The van der Waals surface area contributed by atoms with Gasteiger partial charge < -0.3 is 38.8 Å². The minimum atomic E-state index is -0.673. The second-order valence-corrected chi connectivity index (χ2v) is 10.1. The lowest BCUT2D eigenvalue weighted by Gasteiger charge is -2.34. The molecular weight excluding hydrogens is 544 g/mol. The minimum Gasteiger partial charge on any atom is -0.507 e. The number of phenolic OH excluding ortho intramolecular Hbond substituents is 2. The highest BCUT2D eigenvalue weighted by Gasteiger charge is 2.32. The largest absolute Gasteiger partial charge is 0.507 e. The molecule has 0 bridgehead atoms. The highest BCUT2D eigenvalue weighted by Crippen LogP contribution is 2.43. The Morgan fingerprint density at radius 2 is 1.60 bits per heavy atom. The standard InChI is InChI=1S/C31H34N2O9/c1-38-25-7-5-20(13-22(25)34)27-16-24(36)31-23(35)14-21(15-29(31)42-27)41-18-30(37)33-10-8-32(9-11-33)17-19-4-6-26(39-2)28(12-19)40-3/h4-7,12-15,27,34-35H,8-11,16-18H2,1-3H3. The minimum absolute atomic E-state index is 0.0109. The molecule has 11 nitrogen and oxygen atoms in total. The Balaban J connectivity index is 1.17. The smallest absolute Gasteiger partial charge is 0.260 e. The van der Waals surface area contributed by atoms with Crippen LogP contribution in [0, 0.1) is 0 Å². The van der Waals surface area contributed by atoms with E-state index in [4.69, 9.17) is 23.7 Å². The predicted octanol–water partition coefficient (Wildman–Crippen LogP) is 3.55. The Morgan fingerprint density at radius 1 is 0.881 bits per heavy atom. The van der Waals surface area contributed by atoms with E-state index in [-0.39, 0.29) is 53.3 Å². The summed E-state index contributed by atoms with van der Waals surface area (Å²) in [5, 5.41) is 20.7. The van der Waals surface area contributed by atoms with Gasteiger partial charge in [-0.15, -0.1) is 0 Å². The maximum absolute atomic E-state index is 12.9. The van der Waals surface area contributed by atoms with E-state index in [0.29, 0.717) is 49.0 Å². The molecule has 1 unspecified atom stereocenters. The number of ether oxygens (including phenoxy) is 5. The Kier molecular flexibility index (Phi) is 8.58. The summed E-state index contributed by atoms with van der Waals surface area (Å²) in [6.07, 6.45) is -0.684. The zero-order valence-electron chi connectivity index (χ0n) is 23.8.